The normalized spacial score (nSPS) is 14.2. The molecule has 0 aromatic heterocycles. The van der Waals surface area contributed by atoms with Crippen molar-refractivity contribution in [3.8, 4) is 23.0 Å². The van der Waals surface area contributed by atoms with E-state index < -0.39 is 8.60 Å². The number of benzene rings is 4. The van der Waals surface area contributed by atoms with E-state index in [0.29, 0.717) is 18.6 Å². The summed E-state index contributed by atoms with van der Waals surface area (Å²) in [4.78, 5) is 0. The molecule has 0 amide bonds. The van der Waals surface area contributed by atoms with E-state index in [9.17, 15) is 5.11 Å². The minimum absolute atomic E-state index is 0.165. The predicted molar refractivity (Wildman–Crippen MR) is 216 cm³/mol. The Labute approximate surface area is 310 Å². The molecule has 1 heterocycles. The summed E-state index contributed by atoms with van der Waals surface area (Å²) in [5.41, 5.74) is 12.4. The van der Waals surface area contributed by atoms with Crippen LogP contribution in [-0.2, 0) is 34.5 Å². The first-order valence-corrected chi connectivity index (χ1v) is 19.5. The Balaban J connectivity index is 1.76. The van der Waals surface area contributed by atoms with Crippen molar-refractivity contribution in [2.75, 3.05) is 0 Å². The van der Waals surface area contributed by atoms with Gasteiger partial charge in [-0.1, -0.05) is 154 Å². The highest BCUT2D eigenvalue weighted by Crippen LogP contribution is 2.54. The lowest BCUT2D eigenvalue weighted by molar-refractivity contribution is 0.364. The molecule has 0 atom stereocenters. The highest BCUT2D eigenvalue weighted by atomic mass is 31.2. The molecular formula is C46H61O4P. The van der Waals surface area contributed by atoms with Crippen molar-refractivity contribution < 1.29 is 18.7 Å². The monoisotopic (exact) mass is 708 g/mol. The molecule has 0 bridgehead atoms. The summed E-state index contributed by atoms with van der Waals surface area (Å²) in [6, 6.07) is 17.6. The molecule has 0 saturated heterocycles. The Morgan fingerprint density at radius 3 is 1.33 bits per heavy atom. The summed E-state index contributed by atoms with van der Waals surface area (Å²) in [6.45, 7) is 35.1. The summed E-state index contributed by atoms with van der Waals surface area (Å²) in [6.07, 6.45) is 1.21. The average Bonchev–Trinajstić information content (AvgIpc) is 2.94. The number of aryl methyl sites for hydroxylation is 4. The van der Waals surface area contributed by atoms with Gasteiger partial charge >= 0.3 is 8.60 Å². The number of aromatic hydroxyl groups is 1. The first kappa shape index (κ1) is 38.7. The summed E-state index contributed by atoms with van der Waals surface area (Å²) in [5, 5.41) is 11.7. The third kappa shape index (κ3) is 8.44. The van der Waals surface area contributed by atoms with Crippen LogP contribution in [0.25, 0.3) is 0 Å². The number of phenolic OH excluding ortho intramolecular Hbond substituents is 1. The molecule has 4 aromatic rings. The molecular weight excluding hydrogens is 647 g/mol. The number of rotatable bonds is 4. The molecule has 0 unspecified atom stereocenters. The maximum absolute atomic E-state index is 11.7. The van der Waals surface area contributed by atoms with E-state index in [-0.39, 0.29) is 21.7 Å². The fourth-order valence-corrected chi connectivity index (χ4v) is 8.39. The standard InChI is InChI=1S/C46H61O4P/c1-27-17-31(39(47)35(21-27)43(5,6)7)25-32-18-28(2)22-36(44(8,9)10)40(32)48-51-49-41-33(19-29(3)23-37(41)45(11,12)13)26-34-20-30(4)24-38(42(34)50-51)46(14,15)16/h17-24,47H,25-26H2,1-16H3. The molecule has 0 saturated carbocycles. The van der Waals surface area contributed by atoms with Crippen molar-refractivity contribution >= 4 is 8.60 Å². The van der Waals surface area contributed by atoms with Crippen LogP contribution >= 0.6 is 8.60 Å². The summed E-state index contributed by atoms with van der Waals surface area (Å²) < 4.78 is 21.4. The van der Waals surface area contributed by atoms with Gasteiger partial charge in [-0.15, -0.1) is 0 Å². The largest absolute Gasteiger partial charge is 0.530 e. The van der Waals surface area contributed by atoms with Gasteiger partial charge in [-0.3, -0.25) is 0 Å². The van der Waals surface area contributed by atoms with Gasteiger partial charge in [-0.2, -0.15) is 0 Å². The molecule has 5 heteroatoms. The molecule has 4 nitrogen and oxygen atoms in total. The Morgan fingerprint density at radius 1 is 0.529 bits per heavy atom. The van der Waals surface area contributed by atoms with Crippen molar-refractivity contribution in [1.82, 2.24) is 0 Å². The van der Waals surface area contributed by atoms with Crippen LogP contribution in [0.3, 0.4) is 0 Å². The lowest BCUT2D eigenvalue weighted by Crippen LogP contribution is -2.20. The predicted octanol–water partition coefficient (Wildman–Crippen LogP) is 13.1. The molecule has 0 radical (unpaired) electrons. The van der Waals surface area contributed by atoms with Gasteiger partial charge in [0, 0.05) is 29.5 Å². The van der Waals surface area contributed by atoms with Crippen molar-refractivity contribution in [2.45, 2.75) is 145 Å². The Hall–Kier alpha value is -3.49. The van der Waals surface area contributed by atoms with Crippen LogP contribution < -0.4 is 13.6 Å². The molecule has 51 heavy (non-hydrogen) atoms. The van der Waals surface area contributed by atoms with Gasteiger partial charge in [-0.05, 0) is 77.2 Å². The second-order valence-electron chi connectivity index (χ2n) is 19.1. The van der Waals surface area contributed by atoms with Crippen molar-refractivity contribution in [1.29, 1.82) is 0 Å². The van der Waals surface area contributed by atoms with E-state index >= 15 is 0 Å². The highest BCUT2D eigenvalue weighted by Gasteiger charge is 2.36. The van der Waals surface area contributed by atoms with Crippen molar-refractivity contribution in [3.63, 3.8) is 0 Å². The van der Waals surface area contributed by atoms with Crippen molar-refractivity contribution in [3.05, 3.63) is 115 Å². The number of phenols is 1. The molecule has 274 valence electrons. The van der Waals surface area contributed by atoms with Gasteiger partial charge in [0.1, 0.15) is 23.0 Å². The van der Waals surface area contributed by atoms with Crippen LogP contribution in [0.5, 0.6) is 23.0 Å². The minimum Gasteiger partial charge on any atom is -0.507 e. The zero-order valence-electron chi connectivity index (χ0n) is 34.2. The summed E-state index contributed by atoms with van der Waals surface area (Å²) in [5.74, 6) is 2.80. The maximum atomic E-state index is 11.7. The Morgan fingerprint density at radius 2 is 0.902 bits per heavy atom. The molecule has 1 aliphatic heterocycles. The van der Waals surface area contributed by atoms with E-state index in [4.69, 9.17) is 13.6 Å². The van der Waals surface area contributed by atoms with E-state index in [1.807, 2.05) is 0 Å². The molecule has 1 aliphatic rings. The SMILES string of the molecule is Cc1cc(Cc2cc(C)cc(C(C)(C)C)c2OP2Oc3c(cc(C)cc3C(C)(C)C)Cc3cc(C)cc(C(C)(C)C)c3O2)c(O)c(C(C)(C)C)c1. The zero-order chi connectivity index (χ0) is 38.0. The summed E-state index contributed by atoms with van der Waals surface area (Å²) in [7, 11) is -1.98. The van der Waals surface area contributed by atoms with Gasteiger partial charge < -0.3 is 18.7 Å². The molecule has 0 fully saturated rings. The van der Waals surface area contributed by atoms with Gasteiger partial charge in [0.25, 0.3) is 0 Å². The van der Waals surface area contributed by atoms with Crippen LogP contribution in [-0.4, -0.2) is 5.11 Å². The fraction of sp³-hybridized carbons (Fsp3) is 0.478. The van der Waals surface area contributed by atoms with Crippen LogP contribution in [0.2, 0.25) is 0 Å². The molecule has 4 aromatic carbocycles. The molecule has 5 rings (SSSR count). The van der Waals surface area contributed by atoms with Gasteiger partial charge in [0.05, 0.1) is 0 Å². The first-order valence-electron chi connectivity index (χ1n) is 18.4. The van der Waals surface area contributed by atoms with E-state index in [2.05, 4.69) is 159 Å². The quantitative estimate of drug-likeness (QED) is 0.214. The topological polar surface area (TPSA) is 47.9 Å². The smallest absolute Gasteiger partial charge is 0.507 e. The van der Waals surface area contributed by atoms with Crippen molar-refractivity contribution in [2.24, 2.45) is 0 Å². The molecule has 0 spiro atoms. The Kier molecular flexibility index (Phi) is 10.2. The Bertz CT molecular complexity index is 1890. The average molecular weight is 709 g/mol. The van der Waals surface area contributed by atoms with E-state index in [1.165, 1.54) is 11.1 Å². The lowest BCUT2D eigenvalue weighted by Gasteiger charge is -2.33. The van der Waals surface area contributed by atoms with E-state index in [1.54, 1.807) is 0 Å². The van der Waals surface area contributed by atoms with Gasteiger partial charge in [-0.25, -0.2) is 0 Å². The second kappa shape index (κ2) is 13.5. The number of hydrogen-bond acceptors (Lipinski definition) is 4. The second-order valence-corrected chi connectivity index (χ2v) is 20.1. The van der Waals surface area contributed by atoms with Crippen LogP contribution in [0.4, 0.5) is 0 Å². The third-order valence-corrected chi connectivity index (χ3v) is 10.8. The van der Waals surface area contributed by atoms with Crippen LogP contribution in [0.1, 0.15) is 150 Å². The maximum Gasteiger partial charge on any atom is 0.530 e. The van der Waals surface area contributed by atoms with Gasteiger partial charge in [0.15, 0.2) is 0 Å². The first-order chi connectivity index (χ1) is 23.3. The van der Waals surface area contributed by atoms with E-state index in [0.717, 1.165) is 72.9 Å². The molecule has 1 N–H and O–H groups in total. The third-order valence-electron chi connectivity index (χ3n) is 9.76. The number of hydrogen-bond donors (Lipinski definition) is 1. The van der Waals surface area contributed by atoms with Gasteiger partial charge in [0.2, 0.25) is 0 Å². The fourth-order valence-electron chi connectivity index (χ4n) is 7.18. The minimum atomic E-state index is -1.98. The highest BCUT2D eigenvalue weighted by molar-refractivity contribution is 7.43. The zero-order valence-corrected chi connectivity index (χ0v) is 35.0. The van der Waals surface area contributed by atoms with Crippen LogP contribution in [0, 0.1) is 27.7 Å². The summed E-state index contributed by atoms with van der Waals surface area (Å²) >= 11 is 0. The van der Waals surface area contributed by atoms with Crippen LogP contribution in [0.15, 0.2) is 48.5 Å². The number of fused-ring (bicyclic) bond motifs is 2. The lowest BCUT2D eigenvalue weighted by atomic mass is 9.81. The molecule has 0 aliphatic carbocycles.